The summed E-state index contributed by atoms with van der Waals surface area (Å²) in [7, 11) is 0. The van der Waals surface area contributed by atoms with Gasteiger partial charge in [0.05, 0.1) is 5.92 Å². The van der Waals surface area contributed by atoms with Gasteiger partial charge in [0, 0.05) is 36.3 Å². The maximum atomic E-state index is 13.4. The lowest BCUT2D eigenvalue weighted by Crippen LogP contribution is -2.25. The third-order valence-electron chi connectivity index (χ3n) is 5.68. The predicted molar refractivity (Wildman–Crippen MR) is 115 cm³/mol. The van der Waals surface area contributed by atoms with Crippen molar-refractivity contribution in [1.29, 1.82) is 0 Å². The zero-order valence-corrected chi connectivity index (χ0v) is 16.5. The topological polar surface area (TPSA) is 58.6 Å². The van der Waals surface area contributed by atoms with Crippen LogP contribution in [0.3, 0.4) is 0 Å². The molecule has 3 aromatic rings. The number of nitrogens with one attached hydrogen (secondary N) is 1. The number of fused-ring (bicyclic) bond motifs is 2. The van der Waals surface area contributed by atoms with Gasteiger partial charge in [0.1, 0.15) is 11.5 Å². The molecular formula is C25H22N2O3. The molecule has 0 saturated carbocycles. The van der Waals surface area contributed by atoms with Crippen LogP contribution in [0.15, 0.2) is 72.8 Å². The molecule has 1 fully saturated rings. The van der Waals surface area contributed by atoms with E-state index in [9.17, 15) is 9.59 Å². The fraction of sp³-hybridized carbons (Fsp3) is 0.200. The van der Waals surface area contributed by atoms with E-state index < -0.39 is 5.92 Å². The number of nitrogens with zero attached hydrogens (tertiary/aromatic N) is 1. The summed E-state index contributed by atoms with van der Waals surface area (Å²) in [5.41, 5.74) is 3.45. The van der Waals surface area contributed by atoms with Crippen LogP contribution in [0.1, 0.15) is 35.4 Å². The lowest BCUT2D eigenvalue weighted by Gasteiger charge is -2.27. The Morgan fingerprint density at radius 1 is 0.967 bits per heavy atom. The molecule has 5 nitrogen and oxygen atoms in total. The third kappa shape index (κ3) is 3.43. The first-order chi connectivity index (χ1) is 14.7. The van der Waals surface area contributed by atoms with Gasteiger partial charge in [-0.15, -0.1) is 0 Å². The molecule has 5 rings (SSSR count). The van der Waals surface area contributed by atoms with E-state index in [1.807, 2.05) is 77.7 Å². The Morgan fingerprint density at radius 2 is 1.67 bits per heavy atom. The fourth-order valence-electron chi connectivity index (χ4n) is 4.25. The van der Waals surface area contributed by atoms with Crippen molar-refractivity contribution in [2.75, 3.05) is 11.9 Å². The van der Waals surface area contributed by atoms with Crippen molar-refractivity contribution < 1.29 is 14.3 Å². The Labute approximate surface area is 175 Å². The molecule has 1 N–H and O–H groups in total. The maximum Gasteiger partial charge on any atom is 0.236 e. The Hall–Kier alpha value is -3.60. The van der Waals surface area contributed by atoms with E-state index in [1.165, 1.54) is 0 Å². The second-order valence-electron chi connectivity index (χ2n) is 7.72. The minimum atomic E-state index is -0.449. The van der Waals surface area contributed by atoms with Crippen molar-refractivity contribution in [2.24, 2.45) is 0 Å². The van der Waals surface area contributed by atoms with E-state index in [4.69, 9.17) is 4.74 Å². The van der Waals surface area contributed by atoms with E-state index in [0.29, 0.717) is 24.5 Å². The first kappa shape index (κ1) is 18.4. The largest absolute Gasteiger partial charge is 0.457 e. The van der Waals surface area contributed by atoms with Crippen LogP contribution in [0.4, 0.5) is 5.69 Å². The Morgan fingerprint density at radius 3 is 2.33 bits per heavy atom. The lowest BCUT2D eigenvalue weighted by molar-refractivity contribution is -0.128. The van der Waals surface area contributed by atoms with Crippen molar-refractivity contribution in [3.8, 4) is 11.5 Å². The van der Waals surface area contributed by atoms with Gasteiger partial charge in [0.2, 0.25) is 11.8 Å². The molecule has 2 aliphatic rings. The number of hydrogen-bond acceptors (Lipinski definition) is 3. The van der Waals surface area contributed by atoms with Crippen LogP contribution in [0, 0.1) is 0 Å². The molecule has 3 aromatic carbocycles. The standard InChI is InChI=1S/C25H22N2O3/c28-23-13-6-14-27(23)16-17-7-5-8-18(15-17)26-25(29)24-19-9-1-3-11-21(19)30-22-12-4-2-10-20(22)24/h1-5,7-12,15,24H,6,13-14,16H2,(H,26,29). The average molecular weight is 398 g/mol. The van der Waals surface area contributed by atoms with Crippen LogP contribution in [0.25, 0.3) is 0 Å². The molecule has 0 aromatic heterocycles. The molecule has 30 heavy (non-hydrogen) atoms. The summed E-state index contributed by atoms with van der Waals surface area (Å²) in [6, 6.07) is 23.0. The second kappa shape index (κ2) is 7.67. The summed E-state index contributed by atoms with van der Waals surface area (Å²) in [6.07, 6.45) is 1.54. The molecule has 0 bridgehead atoms. The van der Waals surface area contributed by atoms with Crippen LogP contribution >= 0.6 is 0 Å². The molecule has 5 heteroatoms. The smallest absolute Gasteiger partial charge is 0.236 e. The molecule has 150 valence electrons. The van der Waals surface area contributed by atoms with Crippen LogP contribution in [-0.4, -0.2) is 23.3 Å². The highest BCUT2D eigenvalue weighted by molar-refractivity contribution is 5.99. The van der Waals surface area contributed by atoms with Crippen molar-refractivity contribution in [3.63, 3.8) is 0 Å². The van der Waals surface area contributed by atoms with Crippen molar-refractivity contribution in [2.45, 2.75) is 25.3 Å². The number of rotatable bonds is 4. The number of ether oxygens (including phenoxy) is 1. The highest BCUT2D eigenvalue weighted by atomic mass is 16.5. The van der Waals surface area contributed by atoms with Crippen LogP contribution in [0.5, 0.6) is 11.5 Å². The van der Waals surface area contributed by atoms with E-state index >= 15 is 0 Å². The third-order valence-corrected chi connectivity index (χ3v) is 5.68. The van der Waals surface area contributed by atoms with Gasteiger partial charge >= 0.3 is 0 Å². The number of carbonyl (C=O) groups excluding carboxylic acids is 2. The summed E-state index contributed by atoms with van der Waals surface area (Å²) in [4.78, 5) is 27.2. The molecule has 1 saturated heterocycles. The summed E-state index contributed by atoms with van der Waals surface area (Å²) >= 11 is 0. The van der Waals surface area contributed by atoms with Gasteiger partial charge in [0.15, 0.2) is 0 Å². The number of anilines is 1. The van der Waals surface area contributed by atoms with E-state index in [-0.39, 0.29) is 11.8 Å². The number of carbonyl (C=O) groups is 2. The molecular weight excluding hydrogens is 376 g/mol. The zero-order chi connectivity index (χ0) is 20.5. The highest BCUT2D eigenvalue weighted by Gasteiger charge is 2.32. The predicted octanol–water partition coefficient (Wildman–Crippen LogP) is 4.69. The van der Waals surface area contributed by atoms with Gasteiger partial charge < -0.3 is 15.0 Å². The summed E-state index contributed by atoms with van der Waals surface area (Å²) < 4.78 is 5.99. The minimum absolute atomic E-state index is 0.104. The SMILES string of the molecule is O=C(Nc1cccc(CN2CCCC2=O)c1)C1c2ccccc2Oc2ccccc21. The molecule has 0 atom stereocenters. The number of hydrogen-bond donors (Lipinski definition) is 1. The Bertz CT molecular complexity index is 1080. The Balaban J connectivity index is 1.41. The maximum absolute atomic E-state index is 13.4. The van der Waals surface area contributed by atoms with Crippen molar-refractivity contribution in [1.82, 2.24) is 4.90 Å². The summed E-state index contributed by atoms with van der Waals surface area (Å²) in [5.74, 6) is 1.05. The summed E-state index contributed by atoms with van der Waals surface area (Å²) in [6.45, 7) is 1.37. The normalized spacial score (nSPS) is 15.3. The van der Waals surface area contributed by atoms with E-state index in [2.05, 4.69) is 5.32 Å². The van der Waals surface area contributed by atoms with Crippen molar-refractivity contribution in [3.05, 3.63) is 89.5 Å². The molecule has 0 aliphatic carbocycles. The van der Waals surface area contributed by atoms with Crippen LogP contribution in [0.2, 0.25) is 0 Å². The van der Waals surface area contributed by atoms with Gasteiger partial charge in [0.25, 0.3) is 0 Å². The molecule has 2 amide bonds. The second-order valence-corrected chi connectivity index (χ2v) is 7.72. The molecule has 0 unspecified atom stereocenters. The number of likely N-dealkylation sites (tertiary alicyclic amines) is 1. The highest BCUT2D eigenvalue weighted by Crippen LogP contribution is 2.44. The van der Waals surface area contributed by atoms with Gasteiger partial charge in [-0.25, -0.2) is 0 Å². The lowest BCUT2D eigenvalue weighted by atomic mass is 9.87. The molecule has 0 spiro atoms. The minimum Gasteiger partial charge on any atom is -0.457 e. The van der Waals surface area contributed by atoms with Crippen molar-refractivity contribution >= 4 is 17.5 Å². The van der Waals surface area contributed by atoms with Gasteiger partial charge in [-0.05, 0) is 36.2 Å². The molecule has 2 aliphatic heterocycles. The monoisotopic (exact) mass is 398 g/mol. The fourth-order valence-corrected chi connectivity index (χ4v) is 4.25. The van der Waals surface area contributed by atoms with E-state index in [0.717, 1.165) is 35.3 Å². The first-order valence-electron chi connectivity index (χ1n) is 10.2. The van der Waals surface area contributed by atoms with Crippen LogP contribution in [-0.2, 0) is 16.1 Å². The zero-order valence-electron chi connectivity index (χ0n) is 16.5. The van der Waals surface area contributed by atoms with Gasteiger partial charge in [-0.1, -0.05) is 48.5 Å². The van der Waals surface area contributed by atoms with Gasteiger partial charge in [-0.2, -0.15) is 0 Å². The quantitative estimate of drug-likeness (QED) is 0.694. The van der Waals surface area contributed by atoms with E-state index in [1.54, 1.807) is 0 Å². The number of para-hydroxylation sites is 2. The number of benzene rings is 3. The Kier molecular flexibility index (Phi) is 4.71. The average Bonchev–Trinajstić information content (AvgIpc) is 3.16. The van der Waals surface area contributed by atoms with Gasteiger partial charge in [-0.3, -0.25) is 9.59 Å². The number of amides is 2. The first-order valence-corrected chi connectivity index (χ1v) is 10.2. The van der Waals surface area contributed by atoms with Crippen LogP contribution < -0.4 is 10.1 Å². The molecule has 0 radical (unpaired) electrons. The molecule has 2 heterocycles. The summed E-state index contributed by atoms with van der Waals surface area (Å²) in [5, 5.41) is 3.07.